The summed E-state index contributed by atoms with van der Waals surface area (Å²) in [5.41, 5.74) is 2.58. The summed E-state index contributed by atoms with van der Waals surface area (Å²) in [4.78, 5) is 19.3. The summed E-state index contributed by atoms with van der Waals surface area (Å²) in [6, 6.07) is 11.3. The predicted octanol–water partition coefficient (Wildman–Crippen LogP) is 3.66. The van der Waals surface area contributed by atoms with Crippen LogP contribution in [0.5, 0.6) is 5.75 Å². The second-order valence-electron chi connectivity index (χ2n) is 5.04. The SMILES string of the molecule is CC(=CCc1cccnc1)C(=O)Oc1cccc2[nH]ccc12. The van der Waals surface area contributed by atoms with E-state index in [2.05, 4.69) is 9.97 Å². The minimum Gasteiger partial charge on any atom is -0.422 e. The first-order valence-electron chi connectivity index (χ1n) is 7.08. The molecule has 0 spiro atoms. The van der Waals surface area contributed by atoms with E-state index in [1.165, 1.54) is 0 Å². The molecule has 4 heteroatoms. The molecule has 0 aliphatic heterocycles. The van der Waals surface area contributed by atoms with Crippen molar-refractivity contribution in [1.82, 2.24) is 9.97 Å². The van der Waals surface area contributed by atoms with Gasteiger partial charge < -0.3 is 9.72 Å². The van der Waals surface area contributed by atoms with Gasteiger partial charge >= 0.3 is 5.97 Å². The molecule has 3 rings (SSSR count). The van der Waals surface area contributed by atoms with Crippen LogP contribution in [0.25, 0.3) is 10.9 Å². The van der Waals surface area contributed by atoms with Gasteiger partial charge in [0, 0.05) is 35.1 Å². The minimum atomic E-state index is -0.336. The number of hydrogen-bond donors (Lipinski definition) is 1. The fourth-order valence-electron chi connectivity index (χ4n) is 2.20. The Kier molecular flexibility index (Phi) is 4.01. The molecule has 0 atom stereocenters. The number of aromatic amines is 1. The number of allylic oxidation sites excluding steroid dienone is 1. The molecule has 0 radical (unpaired) electrons. The van der Waals surface area contributed by atoms with Crippen molar-refractivity contribution >= 4 is 16.9 Å². The van der Waals surface area contributed by atoms with Crippen molar-refractivity contribution in [3.63, 3.8) is 0 Å². The Hall–Kier alpha value is -2.88. The molecular formula is C18H16N2O2. The summed E-state index contributed by atoms with van der Waals surface area (Å²) in [6.07, 6.45) is 7.86. The van der Waals surface area contributed by atoms with Crippen LogP contribution in [0.3, 0.4) is 0 Å². The van der Waals surface area contributed by atoms with Crippen molar-refractivity contribution in [1.29, 1.82) is 0 Å². The first-order chi connectivity index (χ1) is 10.7. The van der Waals surface area contributed by atoms with Crippen LogP contribution in [-0.4, -0.2) is 15.9 Å². The molecule has 4 nitrogen and oxygen atoms in total. The molecule has 0 unspecified atom stereocenters. The Bertz CT molecular complexity index is 819. The summed E-state index contributed by atoms with van der Waals surface area (Å²) in [7, 11) is 0. The first kappa shape index (κ1) is 14.1. The van der Waals surface area contributed by atoms with E-state index in [1.54, 1.807) is 25.4 Å². The van der Waals surface area contributed by atoms with Gasteiger partial charge in [0.25, 0.3) is 0 Å². The zero-order chi connectivity index (χ0) is 15.4. The number of aromatic nitrogens is 2. The van der Waals surface area contributed by atoms with Crippen molar-refractivity contribution < 1.29 is 9.53 Å². The highest BCUT2D eigenvalue weighted by molar-refractivity contribution is 5.93. The number of nitrogens with one attached hydrogen (secondary N) is 1. The van der Waals surface area contributed by atoms with Crippen molar-refractivity contribution in [3.05, 3.63) is 72.2 Å². The van der Waals surface area contributed by atoms with Gasteiger partial charge in [-0.05, 0) is 43.2 Å². The van der Waals surface area contributed by atoms with Gasteiger partial charge in [-0.25, -0.2) is 4.79 Å². The van der Waals surface area contributed by atoms with Crippen LogP contribution >= 0.6 is 0 Å². The molecule has 0 aliphatic rings. The predicted molar refractivity (Wildman–Crippen MR) is 85.6 cm³/mol. The Morgan fingerprint density at radius 3 is 3.00 bits per heavy atom. The highest BCUT2D eigenvalue weighted by Gasteiger charge is 2.10. The molecule has 0 fully saturated rings. The Balaban J connectivity index is 1.72. The Morgan fingerprint density at radius 1 is 1.27 bits per heavy atom. The number of pyridine rings is 1. The molecule has 22 heavy (non-hydrogen) atoms. The zero-order valence-electron chi connectivity index (χ0n) is 12.2. The molecular weight excluding hydrogens is 276 g/mol. The number of fused-ring (bicyclic) bond motifs is 1. The van der Waals surface area contributed by atoms with Crippen LogP contribution in [0.15, 0.2) is 66.6 Å². The molecule has 0 saturated carbocycles. The number of hydrogen-bond acceptors (Lipinski definition) is 3. The largest absolute Gasteiger partial charge is 0.422 e. The first-order valence-corrected chi connectivity index (χ1v) is 7.08. The molecule has 1 N–H and O–H groups in total. The lowest BCUT2D eigenvalue weighted by molar-refractivity contribution is -0.130. The van der Waals surface area contributed by atoms with Gasteiger partial charge in [-0.3, -0.25) is 4.98 Å². The zero-order valence-corrected chi connectivity index (χ0v) is 12.2. The van der Waals surface area contributed by atoms with Crippen LogP contribution < -0.4 is 4.74 Å². The molecule has 0 amide bonds. The van der Waals surface area contributed by atoms with Crippen molar-refractivity contribution in [2.45, 2.75) is 13.3 Å². The maximum atomic E-state index is 12.2. The van der Waals surface area contributed by atoms with E-state index in [0.29, 0.717) is 17.7 Å². The average molecular weight is 292 g/mol. The molecule has 1 aromatic carbocycles. The number of H-pyrrole nitrogens is 1. The fourth-order valence-corrected chi connectivity index (χ4v) is 2.20. The quantitative estimate of drug-likeness (QED) is 0.453. The summed E-state index contributed by atoms with van der Waals surface area (Å²) >= 11 is 0. The molecule has 2 heterocycles. The molecule has 0 aliphatic carbocycles. The molecule has 2 aromatic heterocycles. The van der Waals surface area contributed by atoms with E-state index in [-0.39, 0.29) is 5.97 Å². The number of rotatable bonds is 4. The topological polar surface area (TPSA) is 55.0 Å². The van der Waals surface area contributed by atoms with Gasteiger partial charge in [0.2, 0.25) is 0 Å². The number of benzene rings is 1. The Morgan fingerprint density at radius 2 is 2.18 bits per heavy atom. The van der Waals surface area contributed by atoms with Crippen molar-refractivity contribution in [2.75, 3.05) is 0 Å². The average Bonchev–Trinajstić information content (AvgIpc) is 3.03. The normalized spacial score (nSPS) is 11.6. The standard InChI is InChI=1S/C18H16N2O2/c1-13(7-8-14-4-3-10-19-12-14)18(21)22-17-6-2-5-16-15(17)9-11-20-16/h2-7,9-12,20H,8H2,1H3. The third-order valence-corrected chi connectivity index (χ3v) is 3.45. The smallest absolute Gasteiger partial charge is 0.338 e. The van der Waals surface area contributed by atoms with Gasteiger partial charge in [0.1, 0.15) is 5.75 Å². The lowest BCUT2D eigenvalue weighted by Crippen LogP contribution is -2.09. The fraction of sp³-hybridized carbons (Fsp3) is 0.111. The van der Waals surface area contributed by atoms with Gasteiger partial charge in [0.15, 0.2) is 0 Å². The van der Waals surface area contributed by atoms with Crippen LogP contribution in [0.2, 0.25) is 0 Å². The molecule has 0 saturated heterocycles. The van der Waals surface area contributed by atoms with Gasteiger partial charge in [-0.15, -0.1) is 0 Å². The number of esters is 1. The summed E-state index contributed by atoms with van der Waals surface area (Å²) in [6.45, 7) is 1.76. The van der Waals surface area contributed by atoms with E-state index in [4.69, 9.17) is 4.74 Å². The number of carbonyl (C=O) groups is 1. The van der Waals surface area contributed by atoms with E-state index < -0.39 is 0 Å². The second kappa shape index (κ2) is 6.26. The van der Waals surface area contributed by atoms with Crippen LogP contribution in [0, 0.1) is 0 Å². The maximum Gasteiger partial charge on any atom is 0.338 e. The lowest BCUT2D eigenvalue weighted by atomic mass is 10.1. The van der Waals surface area contributed by atoms with Crippen molar-refractivity contribution in [2.24, 2.45) is 0 Å². The van der Waals surface area contributed by atoms with E-state index >= 15 is 0 Å². The maximum absolute atomic E-state index is 12.2. The van der Waals surface area contributed by atoms with Gasteiger partial charge in [-0.1, -0.05) is 18.2 Å². The third kappa shape index (κ3) is 3.06. The van der Waals surface area contributed by atoms with Crippen LogP contribution in [0.1, 0.15) is 12.5 Å². The molecule has 0 bridgehead atoms. The van der Waals surface area contributed by atoms with Gasteiger partial charge in [0.05, 0.1) is 0 Å². The van der Waals surface area contributed by atoms with Crippen molar-refractivity contribution in [3.8, 4) is 5.75 Å². The van der Waals surface area contributed by atoms with Crippen LogP contribution in [0.4, 0.5) is 0 Å². The number of nitrogens with zero attached hydrogens (tertiary/aromatic N) is 1. The highest BCUT2D eigenvalue weighted by atomic mass is 16.5. The number of ether oxygens (including phenoxy) is 1. The monoisotopic (exact) mass is 292 g/mol. The summed E-state index contributed by atoms with van der Waals surface area (Å²) in [5, 5.41) is 0.899. The lowest BCUT2D eigenvalue weighted by Gasteiger charge is -2.06. The second-order valence-corrected chi connectivity index (χ2v) is 5.04. The summed E-state index contributed by atoms with van der Waals surface area (Å²) in [5.74, 6) is 0.232. The van der Waals surface area contributed by atoms with E-state index in [1.807, 2.05) is 42.6 Å². The van der Waals surface area contributed by atoms with E-state index in [0.717, 1.165) is 16.5 Å². The Labute approximate surface area is 128 Å². The molecule has 110 valence electrons. The molecule has 3 aromatic rings. The summed E-state index contributed by atoms with van der Waals surface area (Å²) < 4.78 is 5.49. The van der Waals surface area contributed by atoms with Crippen LogP contribution in [-0.2, 0) is 11.2 Å². The third-order valence-electron chi connectivity index (χ3n) is 3.45. The highest BCUT2D eigenvalue weighted by Crippen LogP contribution is 2.25. The van der Waals surface area contributed by atoms with Gasteiger partial charge in [-0.2, -0.15) is 0 Å². The minimum absolute atomic E-state index is 0.336. The number of carbonyl (C=O) groups excluding carboxylic acids is 1. The van der Waals surface area contributed by atoms with E-state index in [9.17, 15) is 4.79 Å².